The summed E-state index contributed by atoms with van der Waals surface area (Å²) in [5, 5.41) is 8.37. The van der Waals surface area contributed by atoms with E-state index in [1.54, 1.807) is 7.11 Å². The van der Waals surface area contributed by atoms with Crippen molar-refractivity contribution in [1.29, 1.82) is 0 Å². The van der Waals surface area contributed by atoms with Gasteiger partial charge in [-0.1, -0.05) is 12.1 Å². The van der Waals surface area contributed by atoms with Crippen molar-refractivity contribution in [3.8, 4) is 5.75 Å². The monoisotopic (exact) mass is 366 g/mol. The van der Waals surface area contributed by atoms with E-state index in [2.05, 4.69) is 10.2 Å². The van der Waals surface area contributed by atoms with Gasteiger partial charge >= 0.3 is 0 Å². The quantitative estimate of drug-likeness (QED) is 0.752. The van der Waals surface area contributed by atoms with Gasteiger partial charge in [0.1, 0.15) is 17.4 Å². The number of nitrogens with zero attached hydrogens (tertiary/aromatic N) is 4. The van der Waals surface area contributed by atoms with Crippen LogP contribution in [0, 0.1) is 0 Å². The minimum atomic E-state index is -3.41. The number of rotatable bonds is 6. The Morgan fingerprint density at radius 1 is 1.28 bits per heavy atom. The van der Waals surface area contributed by atoms with Gasteiger partial charge in [-0.05, 0) is 17.7 Å². The second kappa shape index (κ2) is 7.51. The zero-order valence-electron chi connectivity index (χ0n) is 14.4. The van der Waals surface area contributed by atoms with Gasteiger partial charge in [-0.15, -0.1) is 10.2 Å². The molecule has 0 N–H and O–H groups in total. The molecule has 136 valence electrons. The van der Waals surface area contributed by atoms with Gasteiger partial charge in [0.2, 0.25) is 10.0 Å². The molecule has 2 heterocycles. The third-order valence-corrected chi connectivity index (χ3v) is 5.31. The Hall–Kier alpha value is -1.97. The Morgan fingerprint density at radius 3 is 2.88 bits per heavy atom. The van der Waals surface area contributed by atoms with Crippen LogP contribution in [0.15, 0.2) is 24.3 Å². The maximum absolute atomic E-state index is 12.3. The van der Waals surface area contributed by atoms with Crippen molar-refractivity contribution in [1.82, 2.24) is 19.1 Å². The highest BCUT2D eigenvalue weighted by Crippen LogP contribution is 2.18. The molecular formula is C16H22N4O4S. The zero-order chi connectivity index (χ0) is 17.9. The molecule has 0 fully saturated rings. The molecule has 0 bridgehead atoms. The molecule has 0 saturated carbocycles. The molecule has 2 aromatic rings. The van der Waals surface area contributed by atoms with Gasteiger partial charge in [0.05, 0.1) is 33.1 Å². The number of sulfonamides is 1. The summed E-state index contributed by atoms with van der Waals surface area (Å²) >= 11 is 0. The molecule has 0 saturated heterocycles. The Balaban J connectivity index is 1.84. The number of methoxy groups -OCH3 is 1. The van der Waals surface area contributed by atoms with Crippen LogP contribution in [-0.2, 0) is 40.8 Å². The molecule has 9 heteroatoms. The minimum absolute atomic E-state index is 0.170. The Morgan fingerprint density at radius 2 is 2.12 bits per heavy atom. The van der Waals surface area contributed by atoms with E-state index in [4.69, 9.17) is 9.47 Å². The van der Waals surface area contributed by atoms with Crippen LogP contribution >= 0.6 is 0 Å². The van der Waals surface area contributed by atoms with Crippen LogP contribution in [0.5, 0.6) is 5.75 Å². The fourth-order valence-corrected chi connectivity index (χ4v) is 3.51. The number of ether oxygens (including phenoxy) is 2. The Bertz CT molecular complexity index is 834. The molecule has 1 aromatic heterocycles. The van der Waals surface area contributed by atoms with Crippen molar-refractivity contribution in [3.63, 3.8) is 0 Å². The first kappa shape index (κ1) is 17.8. The first-order chi connectivity index (χ1) is 12.0. The maximum atomic E-state index is 12.3. The molecule has 1 aromatic carbocycles. The van der Waals surface area contributed by atoms with Gasteiger partial charge in [0.25, 0.3) is 0 Å². The summed E-state index contributed by atoms with van der Waals surface area (Å²) in [6, 6.07) is 7.37. The summed E-state index contributed by atoms with van der Waals surface area (Å²) in [5.74, 6) is 2.16. The molecule has 0 radical (unpaired) electrons. The predicted molar refractivity (Wildman–Crippen MR) is 91.6 cm³/mol. The molecule has 0 amide bonds. The van der Waals surface area contributed by atoms with Gasteiger partial charge < -0.3 is 14.0 Å². The lowest BCUT2D eigenvalue weighted by Gasteiger charge is -2.20. The van der Waals surface area contributed by atoms with E-state index in [1.807, 2.05) is 28.8 Å². The highest BCUT2D eigenvalue weighted by atomic mass is 32.2. The standard InChI is InChI=1S/C16H22N4O4S/c1-23-14-5-3-4-13(10-14)11-19(25(2,21)22)12-16-18-17-15-6-8-24-9-7-20(15)16/h3-5,10H,6-9,11-12H2,1-2H3. The molecule has 0 aliphatic carbocycles. The molecule has 8 nitrogen and oxygen atoms in total. The van der Waals surface area contributed by atoms with E-state index in [1.165, 1.54) is 10.6 Å². The average molecular weight is 366 g/mol. The molecule has 0 atom stereocenters. The second-order valence-electron chi connectivity index (χ2n) is 5.93. The summed E-state index contributed by atoms with van der Waals surface area (Å²) < 4.78 is 38.5. The van der Waals surface area contributed by atoms with Crippen LogP contribution < -0.4 is 4.74 Å². The van der Waals surface area contributed by atoms with Crippen LogP contribution in [0.3, 0.4) is 0 Å². The topological polar surface area (TPSA) is 86.5 Å². The lowest BCUT2D eigenvalue weighted by molar-refractivity contribution is 0.139. The van der Waals surface area contributed by atoms with Crippen LogP contribution in [0.4, 0.5) is 0 Å². The summed E-state index contributed by atoms with van der Waals surface area (Å²) in [6.07, 6.45) is 1.89. The fraction of sp³-hybridized carbons (Fsp3) is 0.500. The average Bonchev–Trinajstić information content (AvgIpc) is 2.80. The van der Waals surface area contributed by atoms with Crippen molar-refractivity contribution in [3.05, 3.63) is 41.5 Å². The summed E-state index contributed by atoms with van der Waals surface area (Å²) in [7, 11) is -1.83. The first-order valence-corrected chi connectivity index (χ1v) is 9.89. The van der Waals surface area contributed by atoms with E-state index < -0.39 is 10.0 Å². The van der Waals surface area contributed by atoms with Gasteiger partial charge in [-0.25, -0.2) is 8.42 Å². The smallest absolute Gasteiger partial charge is 0.211 e. The lowest BCUT2D eigenvalue weighted by atomic mass is 10.2. The molecule has 3 rings (SSSR count). The van der Waals surface area contributed by atoms with Gasteiger partial charge in [-0.2, -0.15) is 4.31 Å². The fourth-order valence-electron chi connectivity index (χ4n) is 2.78. The third kappa shape index (κ3) is 4.36. The van der Waals surface area contributed by atoms with Crippen molar-refractivity contribution in [2.75, 3.05) is 26.6 Å². The van der Waals surface area contributed by atoms with E-state index in [0.717, 1.165) is 11.4 Å². The van der Waals surface area contributed by atoms with Crippen LogP contribution in [-0.4, -0.2) is 54.1 Å². The molecule has 0 spiro atoms. The third-order valence-electron chi connectivity index (χ3n) is 4.11. The molecule has 1 aliphatic heterocycles. The van der Waals surface area contributed by atoms with E-state index in [9.17, 15) is 8.42 Å². The van der Waals surface area contributed by atoms with Crippen molar-refractivity contribution in [2.45, 2.75) is 26.1 Å². The summed E-state index contributed by atoms with van der Waals surface area (Å²) in [6.45, 7) is 2.23. The molecule has 1 aliphatic rings. The van der Waals surface area contributed by atoms with E-state index in [-0.39, 0.29) is 13.1 Å². The number of hydrogen-bond donors (Lipinski definition) is 0. The normalized spacial score (nSPS) is 15.0. The number of fused-ring (bicyclic) bond motifs is 1. The molecular weight excluding hydrogens is 344 g/mol. The lowest BCUT2D eigenvalue weighted by Crippen LogP contribution is -2.30. The van der Waals surface area contributed by atoms with E-state index in [0.29, 0.717) is 37.8 Å². The van der Waals surface area contributed by atoms with Crippen molar-refractivity contribution in [2.24, 2.45) is 0 Å². The van der Waals surface area contributed by atoms with Gasteiger partial charge in [0.15, 0.2) is 0 Å². The van der Waals surface area contributed by atoms with Crippen molar-refractivity contribution >= 4 is 10.0 Å². The first-order valence-electron chi connectivity index (χ1n) is 8.04. The Labute approximate surface area is 147 Å². The highest BCUT2D eigenvalue weighted by molar-refractivity contribution is 7.88. The Kier molecular flexibility index (Phi) is 5.36. The van der Waals surface area contributed by atoms with E-state index >= 15 is 0 Å². The van der Waals surface area contributed by atoms with Gasteiger partial charge in [0, 0.05) is 19.5 Å². The number of aromatic nitrogens is 3. The van der Waals surface area contributed by atoms with Crippen LogP contribution in [0.25, 0.3) is 0 Å². The zero-order valence-corrected chi connectivity index (χ0v) is 15.2. The summed E-state index contributed by atoms with van der Waals surface area (Å²) in [5.41, 5.74) is 0.851. The minimum Gasteiger partial charge on any atom is -0.497 e. The van der Waals surface area contributed by atoms with Crippen molar-refractivity contribution < 1.29 is 17.9 Å². The number of benzene rings is 1. The second-order valence-corrected chi connectivity index (χ2v) is 7.91. The van der Waals surface area contributed by atoms with Gasteiger partial charge in [-0.3, -0.25) is 0 Å². The van der Waals surface area contributed by atoms with Crippen LogP contribution in [0.1, 0.15) is 17.2 Å². The van der Waals surface area contributed by atoms with Crippen LogP contribution in [0.2, 0.25) is 0 Å². The predicted octanol–water partition coefficient (Wildman–Crippen LogP) is 0.821. The molecule has 25 heavy (non-hydrogen) atoms. The largest absolute Gasteiger partial charge is 0.497 e. The maximum Gasteiger partial charge on any atom is 0.211 e. The SMILES string of the molecule is COc1cccc(CN(Cc2nnc3n2CCOCC3)S(C)(=O)=O)c1. The number of hydrogen-bond acceptors (Lipinski definition) is 6. The molecule has 0 unspecified atom stereocenters. The summed E-state index contributed by atoms with van der Waals surface area (Å²) in [4.78, 5) is 0. The highest BCUT2D eigenvalue weighted by Gasteiger charge is 2.23.